The number of benzene rings is 3. The molecule has 3 aromatic carbocycles. The van der Waals surface area contributed by atoms with E-state index in [1.807, 2.05) is 24.5 Å². The van der Waals surface area contributed by atoms with Gasteiger partial charge in [-0.2, -0.15) is 4.98 Å². The number of aromatic nitrogens is 2. The molecule has 2 aliphatic heterocycles. The van der Waals surface area contributed by atoms with Crippen LogP contribution < -0.4 is 4.74 Å². The van der Waals surface area contributed by atoms with Gasteiger partial charge in [-0.1, -0.05) is 103 Å². The number of nitrogens with zero attached hydrogens (tertiary/aromatic N) is 3. The van der Waals surface area contributed by atoms with Crippen molar-refractivity contribution in [2.75, 3.05) is 26.0 Å². The van der Waals surface area contributed by atoms with Crippen molar-refractivity contribution in [2.45, 2.75) is 54.4 Å². The van der Waals surface area contributed by atoms with Gasteiger partial charge < -0.3 is 9.47 Å². The smallest absolute Gasteiger partial charge is 0.270 e. The van der Waals surface area contributed by atoms with Crippen molar-refractivity contribution in [2.24, 2.45) is 0 Å². The molecule has 0 aliphatic carbocycles. The Bertz CT molecular complexity index is 1370. The lowest BCUT2D eigenvalue weighted by Gasteiger charge is -2.41. The van der Waals surface area contributed by atoms with Gasteiger partial charge in [-0.15, -0.1) is 0 Å². The van der Waals surface area contributed by atoms with E-state index in [0.717, 1.165) is 48.9 Å². The second-order valence-electron chi connectivity index (χ2n) is 11.0. The Morgan fingerprint density at radius 2 is 1.52 bits per heavy atom. The van der Waals surface area contributed by atoms with Crippen molar-refractivity contribution in [1.82, 2.24) is 14.9 Å². The molecule has 218 valence electrons. The second-order valence-corrected chi connectivity index (χ2v) is 11.8. The van der Waals surface area contributed by atoms with E-state index in [1.54, 1.807) is 0 Å². The SMILES string of the molecule is CSc1ncc(C(F)F)c(OC[C@@H]2CC[C@]3(COC(c4ccccc4)(c4ccccc4)c4ccccc4)CCCN23)n1. The van der Waals surface area contributed by atoms with E-state index in [-0.39, 0.29) is 23.0 Å². The summed E-state index contributed by atoms with van der Waals surface area (Å²) in [5, 5.41) is 0.420. The molecule has 42 heavy (non-hydrogen) atoms. The van der Waals surface area contributed by atoms with E-state index < -0.39 is 12.0 Å². The Kier molecular flexibility index (Phi) is 8.56. The molecule has 0 bridgehead atoms. The summed E-state index contributed by atoms with van der Waals surface area (Å²) < 4.78 is 40.6. The van der Waals surface area contributed by atoms with Gasteiger partial charge in [-0.05, 0) is 55.2 Å². The number of halogens is 2. The molecule has 4 aromatic rings. The quantitative estimate of drug-likeness (QED) is 0.103. The minimum absolute atomic E-state index is 0.0199. The summed E-state index contributed by atoms with van der Waals surface area (Å²) in [6.07, 6.45) is 4.24. The second kappa shape index (κ2) is 12.5. The van der Waals surface area contributed by atoms with Crippen LogP contribution in [0.25, 0.3) is 0 Å². The number of ether oxygens (including phenoxy) is 2. The van der Waals surface area contributed by atoms with Crippen LogP contribution in [0.4, 0.5) is 8.78 Å². The average molecular weight is 588 g/mol. The minimum atomic E-state index is -2.69. The van der Waals surface area contributed by atoms with Crippen LogP contribution in [0.5, 0.6) is 5.88 Å². The summed E-state index contributed by atoms with van der Waals surface area (Å²) in [6.45, 7) is 1.76. The zero-order valence-electron chi connectivity index (χ0n) is 23.7. The van der Waals surface area contributed by atoms with Gasteiger partial charge in [0, 0.05) is 17.8 Å². The van der Waals surface area contributed by atoms with E-state index in [9.17, 15) is 8.78 Å². The molecule has 0 N–H and O–H groups in total. The molecular weight excluding hydrogens is 552 g/mol. The van der Waals surface area contributed by atoms with Crippen molar-refractivity contribution >= 4 is 11.8 Å². The summed E-state index contributed by atoms with van der Waals surface area (Å²) >= 11 is 1.31. The van der Waals surface area contributed by atoms with Crippen LogP contribution in [-0.4, -0.2) is 52.5 Å². The molecule has 0 amide bonds. The molecule has 1 aromatic heterocycles. The van der Waals surface area contributed by atoms with Gasteiger partial charge in [0.05, 0.1) is 12.2 Å². The summed E-state index contributed by atoms with van der Waals surface area (Å²) in [5.74, 6) is -0.0199. The fourth-order valence-corrected chi connectivity index (χ4v) is 7.03. The van der Waals surface area contributed by atoms with E-state index in [4.69, 9.17) is 9.47 Å². The molecule has 2 atom stereocenters. The Morgan fingerprint density at radius 3 is 2.07 bits per heavy atom. The van der Waals surface area contributed by atoms with E-state index in [0.29, 0.717) is 18.4 Å². The normalized spacial score (nSPS) is 20.6. The van der Waals surface area contributed by atoms with Crippen molar-refractivity contribution in [3.63, 3.8) is 0 Å². The topological polar surface area (TPSA) is 47.5 Å². The Balaban J connectivity index is 1.28. The number of thioether (sulfide) groups is 1. The fraction of sp³-hybridized carbons (Fsp3) is 0.353. The first-order valence-corrected chi connectivity index (χ1v) is 15.7. The van der Waals surface area contributed by atoms with Crippen LogP contribution >= 0.6 is 11.8 Å². The zero-order chi connectivity index (χ0) is 29.0. The first-order chi connectivity index (χ1) is 20.6. The first-order valence-electron chi connectivity index (χ1n) is 14.4. The molecule has 0 saturated carbocycles. The Labute approximate surface area is 250 Å². The summed E-state index contributed by atoms with van der Waals surface area (Å²) in [6, 6.07) is 31.4. The van der Waals surface area contributed by atoms with Gasteiger partial charge in [-0.25, -0.2) is 13.8 Å². The maximum absolute atomic E-state index is 13.7. The lowest BCUT2D eigenvalue weighted by Crippen LogP contribution is -2.49. The van der Waals surface area contributed by atoms with E-state index >= 15 is 0 Å². The lowest BCUT2D eigenvalue weighted by atomic mass is 9.79. The first kappa shape index (κ1) is 28.8. The van der Waals surface area contributed by atoms with Gasteiger partial charge in [0.15, 0.2) is 5.16 Å². The molecule has 2 saturated heterocycles. The zero-order valence-corrected chi connectivity index (χ0v) is 24.5. The van der Waals surface area contributed by atoms with Crippen LogP contribution in [0, 0.1) is 0 Å². The average Bonchev–Trinajstić information content (AvgIpc) is 3.61. The summed E-state index contributed by atoms with van der Waals surface area (Å²) in [7, 11) is 0. The number of hydrogen-bond acceptors (Lipinski definition) is 6. The van der Waals surface area contributed by atoms with Crippen LogP contribution in [0.15, 0.2) is 102 Å². The Hall–Kier alpha value is -3.33. The van der Waals surface area contributed by atoms with Crippen LogP contribution in [0.1, 0.15) is 54.4 Å². The molecule has 0 unspecified atom stereocenters. The predicted molar refractivity (Wildman–Crippen MR) is 161 cm³/mol. The van der Waals surface area contributed by atoms with Crippen molar-refractivity contribution in [3.8, 4) is 5.88 Å². The highest BCUT2D eigenvalue weighted by Gasteiger charge is 2.51. The molecule has 8 heteroatoms. The minimum Gasteiger partial charge on any atom is -0.476 e. The number of rotatable bonds is 11. The summed E-state index contributed by atoms with van der Waals surface area (Å²) in [5.41, 5.74) is 2.03. The van der Waals surface area contributed by atoms with E-state index in [2.05, 4.69) is 87.7 Å². The fourth-order valence-electron chi connectivity index (χ4n) is 6.70. The highest BCUT2D eigenvalue weighted by Crippen LogP contribution is 2.47. The van der Waals surface area contributed by atoms with Crippen molar-refractivity contribution in [1.29, 1.82) is 0 Å². The third kappa shape index (κ3) is 5.43. The van der Waals surface area contributed by atoms with E-state index in [1.165, 1.54) is 18.0 Å². The number of alkyl halides is 2. The Morgan fingerprint density at radius 1 is 0.929 bits per heavy atom. The van der Waals surface area contributed by atoms with Gasteiger partial charge in [0.2, 0.25) is 5.88 Å². The van der Waals surface area contributed by atoms with Gasteiger partial charge in [0.1, 0.15) is 12.2 Å². The molecule has 3 heterocycles. The lowest BCUT2D eigenvalue weighted by molar-refractivity contribution is -0.0488. The van der Waals surface area contributed by atoms with Gasteiger partial charge in [-0.3, -0.25) is 4.90 Å². The highest BCUT2D eigenvalue weighted by atomic mass is 32.2. The van der Waals surface area contributed by atoms with Crippen LogP contribution in [0.3, 0.4) is 0 Å². The van der Waals surface area contributed by atoms with Crippen LogP contribution in [0.2, 0.25) is 0 Å². The maximum atomic E-state index is 13.7. The maximum Gasteiger partial charge on any atom is 0.270 e. The predicted octanol–water partition coefficient (Wildman–Crippen LogP) is 7.52. The van der Waals surface area contributed by atoms with Gasteiger partial charge in [0.25, 0.3) is 6.43 Å². The van der Waals surface area contributed by atoms with Crippen LogP contribution in [-0.2, 0) is 10.3 Å². The molecule has 2 aliphatic rings. The van der Waals surface area contributed by atoms with Crippen molar-refractivity contribution in [3.05, 3.63) is 119 Å². The third-order valence-corrected chi connectivity index (χ3v) is 9.28. The molecule has 2 fully saturated rings. The number of hydrogen-bond donors (Lipinski definition) is 0. The van der Waals surface area contributed by atoms with Gasteiger partial charge >= 0.3 is 0 Å². The molecule has 0 spiro atoms. The molecule has 0 radical (unpaired) electrons. The largest absolute Gasteiger partial charge is 0.476 e. The van der Waals surface area contributed by atoms with Crippen molar-refractivity contribution < 1.29 is 18.3 Å². The molecule has 6 rings (SSSR count). The standard InChI is InChI=1S/C34H35F2N3O2S/c1-42-32-37-22-29(30(35)36)31(38-32)40-23-28-18-20-33(19-11-21-39(28)33)24-41-34(25-12-5-2-6-13-25,26-14-7-3-8-15-26)27-16-9-4-10-17-27/h2-10,12-17,22,28,30H,11,18-21,23-24H2,1H3/t28-,33-/m0/s1. The number of fused-ring (bicyclic) bond motifs is 1. The highest BCUT2D eigenvalue weighted by molar-refractivity contribution is 7.98. The summed E-state index contributed by atoms with van der Waals surface area (Å²) in [4.78, 5) is 10.8. The monoisotopic (exact) mass is 587 g/mol. The molecular formula is C34H35F2N3O2S. The third-order valence-electron chi connectivity index (χ3n) is 8.72. The molecule has 5 nitrogen and oxygen atoms in total.